The van der Waals surface area contributed by atoms with E-state index in [1.165, 1.54) is 18.2 Å². The van der Waals surface area contributed by atoms with Crippen molar-refractivity contribution in [2.24, 2.45) is 17.8 Å². The molecule has 0 aromatic heterocycles. The average molecular weight is 627 g/mol. The first kappa shape index (κ1) is 32.8. The molecule has 0 bridgehead atoms. The molecule has 0 N–H and O–H groups in total. The molecule has 0 aliphatic heterocycles. The summed E-state index contributed by atoms with van der Waals surface area (Å²) in [6.07, 6.45) is 8.57. The van der Waals surface area contributed by atoms with Crippen molar-refractivity contribution in [3.05, 3.63) is 77.4 Å². The predicted octanol–water partition coefficient (Wildman–Crippen LogP) is 10.2. The van der Waals surface area contributed by atoms with Gasteiger partial charge in [-0.1, -0.05) is 31.5 Å². The number of unbranched alkanes of at least 4 members (excludes halogenated alkanes) is 1. The highest BCUT2D eigenvalue weighted by atomic mass is 19.2. The lowest BCUT2D eigenvalue weighted by atomic mass is 9.68. The lowest BCUT2D eigenvalue weighted by molar-refractivity contribution is -0.140. The fraction of sp³-hybridized carbons (Fsp3) is 0.486. The number of ether oxygens (including phenoxy) is 3. The van der Waals surface area contributed by atoms with Gasteiger partial charge in [0.15, 0.2) is 23.1 Å². The first-order chi connectivity index (χ1) is 21.8. The lowest BCUT2D eigenvalue weighted by Crippen LogP contribution is -2.30. The second-order valence-corrected chi connectivity index (χ2v) is 12.3. The molecule has 2 aliphatic rings. The van der Waals surface area contributed by atoms with Crippen molar-refractivity contribution in [2.75, 3.05) is 13.2 Å². The molecule has 3 aromatic carbocycles. The Bertz CT molecular complexity index is 1440. The number of carbonyl (C=O) groups is 1. The fourth-order valence-corrected chi connectivity index (χ4v) is 6.95. The molecular weight excluding hydrogens is 584 g/mol. The van der Waals surface area contributed by atoms with E-state index >= 15 is 0 Å². The Labute approximate surface area is 263 Å². The predicted molar refractivity (Wildman–Crippen MR) is 166 cm³/mol. The molecule has 0 atom stereocenters. The standard InChI is InChI=1S/C37H42F4O4/c1-3-5-22-44-32-21-19-30(34(39)36(32)41)26-14-16-28(17-15-26)45-37(42)27-12-8-24(9-13-27)23-6-10-25(11-7-23)29-18-20-31(43-4-2)35(40)33(29)38/h14-21,23-25,27H,3-13,22H2,1-2H3. The smallest absolute Gasteiger partial charge is 0.314 e. The Morgan fingerprint density at radius 1 is 0.689 bits per heavy atom. The summed E-state index contributed by atoms with van der Waals surface area (Å²) in [5, 5.41) is 0. The molecule has 0 radical (unpaired) electrons. The molecule has 0 spiro atoms. The maximum Gasteiger partial charge on any atom is 0.314 e. The number of hydrogen-bond donors (Lipinski definition) is 0. The van der Waals surface area contributed by atoms with E-state index in [0.717, 1.165) is 64.2 Å². The molecular formula is C37H42F4O4. The largest absolute Gasteiger partial charge is 0.491 e. The van der Waals surface area contributed by atoms with E-state index in [2.05, 4.69) is 0 Å². The van der Waals surface area contributed by atoms with Gasteiger partial charge < -0.3 is 14.2 Å². The van der Waals surface area contributed by atoms with Crippen LogP contribution in [0.25, 0.3) is 11.1 Å². The lowest BCUT2D eigenvalue weighted by Gasteiger charge is -2.37. The maximum absolute atomic E-state index is 14.8. The molecule has 0 heterocycles. The van der Waals surface area contributed by atoms with Crippen LogP contribution in [0.3, 0.4) is 0 Å². The molecule has 4 nitrogen and oxygen atoms in total. The number of halogens is 4. The Morgan fingerprint density at radius 3 is 1.93 bits per heavy atom. The number of rotatable bonds is 11. The molecule has 8 heteroatoms. The van der Waals surface area contributed by atoms with Gasteiger partial charge in [0.05, 0.1) is 19.1 Å². The molecule has 2 aliphatic carbocycles. The SMILES string of the molecule is CCCCOc1ccc(-c2ccc(OC(=O)C3CCC(C4CCC(c5ccc(OCC)c(F)c5F)CC4)CC3)cc2)c(F)c1F. The van der Waals surface area contributed by atoms with Crippen LogP contribution in [-0.4, -0.2) is 19.2 Å². The minimum Gasteiger partial charge on any atom is -0.491 e. The van der Waals surface area contributed by atoms with Crippen molar-refractivity contribution >= 4 is 5.97 Å². The highest BCUT2D eigenvalue weighted by Crippen LogP contribution is 2.45. The normalized spacial score (nSPS) is 21.7. The van der Waals surface area contributed by atoms with Crippen molar-refractivity contribution in [3.63, 3.8) is 0 Å². The average Bonchev–Trinajstić information content (AvgIpc) is 3.06. The second-order valence-electron chi connectivity index (χ2n) is 12.3. The minimum absolute atomic E-state index is 0.00331. The van der Waals surface area contributed by atoms with Gasteiger partial charge in [0.25, 0.3) is 0 Å². The van der Waals surface area contributed by atoms with E-state index < -0.39 is 23.3 Å². The molecule has 0 saturated heterocycles. The summed E-state index contributed by atoms with van der Waals surface area (Å²) in [5.41, 5.74) is 1.02. The molecule has 3 aromatic rings. The van der Waals surface area contributed by atoms with Crippen molar-refractivity contribution in [3.8, 4) is 28.4 Å². The molecule has 45 heavy (non-hydrogen) atoms. The summed E-state index contributed by atoms with van der Waals surface area (Å²) < 4.78 is 74.6. The van der Waals surface area contributed by atoms with Crippen LogP contribution in [-0.2, 0) is 4.79 Å². The molecule has 0 unspecified atom stereocenters. The third-order valence-corrected chi connectivity index (χ3v) is 9.55. The van der Waals surface area contributed by atoms with Gasteiger partial charge in [0.2, 0.25) is 11.6 Å². The van der Waals surface area contributed by atoms with Gasteiger partial charge in [0.1, 0.15) is 5.75 Å². The van der Waals surface area contributed by atoms with Gasteiger partial charge in [-0.05, 0) is 124 Å². The molecule has 5 rings (SSSR count). The number of benzene rings is 3. The first-order valence-electron chi connectivity index (χ1n) is 16.3. The Balaban J connectivity index is 1.09. The summed E-state index contributed by atoms with van der Waals surface area (Å²) in [5.74, 6) is -2.90. The van der Waals surface area contributed by atoms with E-state index in [1.807, 2.05) is 6.92 Å². The summed E-state index contributed by atoms with van der Waals surface area (Å²) in [6, 6.07) is 12.5. The number of esters is 1. The monoisotopic (exact) mass is 626 g/mol. The third kappa shape index (κ3) is 7.64. The van der Waals surface area contributed by atoms with E-state index in [9.17, 15) is 22.4 Å². The van der Waals surface area contributed by atoms with Crippen LogP contribution in [0, 0.1) is 41.0 Å². The molecule has 2 fully saturated rings. The van der Waals surface area contributed by atoms with Gasteiger partial charge in [-0.3, -0.25) is 4.79 Å². The fourth-order valence-electron chi connectivity index (χ4n) is 6.95. The van der Waals surface area contributed by atoms with Crippen LogP contribution < -0.4 is 14.2 Å². The summed E-state index contributed by atoms with van der Waals surface area (Å²) >= 11 is 0. The zero-order valence-electron chi connectivity index (χ0n) is 26.1. The Morgan fingerprint density at radius 2 is 1.29 bits per heavy atom. The van der Waals surface area contributed by atoms with Crippen molar-refractivity contribution in [1.29, 1.82) is 0 Å². The number of carbonyl (C=O) groups excluding carboxylic acids is 1. The summed E-state index contributed by atoms with van der Waals surface area (Å²) in [7, 11) is 0. The zero-order valence-corrected chi connectivity index (χ0v) is 26.1. The quantitative estimate of drug-likeness (QED) is 0.0920. The second kappa shape index (κ2) is 15.2. The van der Waals surface area contributed by atoms with Crippen molar-refractivity contribution < 1.29 is 36.6 Å². The van der Waals surface area contributed by atoms with Gasteiger partial charge in [-0.2, -0.15) is 8.78 Å². The van der Waals surface area contributed by atoms with Crippen LogP contribution in [0.1, 0.15) is 89.5 Å². The van der Waals surface area contributed by atoms with Crippen molar-refractivity contribution in [2.45, 2.75) is 84.0 Å². The van der Waals surface area contributed by atoms with Gasteiger partial charge in [-0.15, -0.1) is 0 Å². The van der Waals surface area contributed by atoms with E-state index in [4.69, 9.17) is 14.2 Å². The van der Waals surface area contributed by atoms with E-state index in [-0.39, 0.29) is 41.5 Å². The highest BCUT2D eigenvalue weighted by molar-refractivity contribution is 5.75. The van der Waals surface area contributed by atoms with Crippen LogP contribution in [0.4, 0.5) is 17.6 Å². The Hall–Kier alpha value is -3.55. The minimum atomic E-state index is -1.01. The Kier molecular flexibility index (Phi) is 11.1. The van der Waals surface area contributed by atoms with Crippen molar-refractivity contribution in [1.82, 2.24) is 0 Å². The van der Waals surface area contributed by atoms with E-state index in [0.29, 0.717) is 35.3 Å². The number of hydrogen-bond acceptors (Lipinski definition) is 4. The van der Waals surface area contributed by atoms with E-state index in [1.54, 1.807) is 37.3 Å². The molecule has 242 valence electrons. The summed E-state index contributed by atoms with van der Waals surface area (Å²) in [6.45, 7) is 4.34. The molecule has 0 amide bonds. The first-order valence-corrected chi connectivity index (χ1v) is 16.3. The third-order valence-electron chi connectivity index (χ3n) is 9.55. The topological polar surface area (TPSA) is 44.8 Å². The van der Waals surface area contributed by atoms with Gasteiger partial charge in [0, 0.05) is 5.56 Å². The summed E-state index contributed by atoms with van der Waals surface area (Å²) in [4.78, 5) is 13.0. The van der Waals surface area contributed by atoms with Crippen LogP contribution >= 0.6 is 0 Å². The maximum atomic E-state index is 14.8. The highest BCUT2D eigenvalue weighted by Gasteiger charge is 2.35. The zero-order chi connectivity index (χ0) is 31.9. The van der Waals surface area contributed by atoms with Crippen LogP contribution in [0.2, 0.25) is 0 Å². The van der Waals surface area contributed by atoms with Gasteiger partial charge >= 0.3 is 5.97 Å². The van der Waals surface area contributed by atoms with Gasteiger partial charge in [-0.25, -0.2) is 8.78 Å². The molecule has 2 saturated carbocycles. The van der Waals surface area contributed by atoms with Crippen LogP contribution in [0.5, 0.6) is 17.2 Å². The van der Waals surface area contributed by atoms with Crippen LogP contribution in [0.15, 0.2) is 48.5 Å².